The molecule has 1 unspecified atom stereocenters. The minimum atomic E-state index is -0.210. The van der Waals surface area contributed by atoms with Gasteiger partial charge in [-0.2, -0.15) is 12.6 Å². The first-order chi connectivity index (χ1) is 3.66. The molecule has 0 radical (unpaired) electrons. The van der Waals surface area contributed by atoms with Gasteiger partial charge in [-0.3, -0.25) is 0 Å². The summed E-state index contributed by atoms with van der Waals surface area (Å²) in [6, 6.07) is 0. The van der Waals surface area contributed by atoms with Gasteiger partial charge in [0, 0.05) is 5.75 Å². The van der Waals surface area contributed by atoms with Crippen molar-refractivity contribution in [1.29, 1.82) is 0 Å². The average Bonchev–Trinajstić information content (AvgIpc) is 1.65. The quantitative estimate of drug-likeness (QED) is 0.558. The highest BCUT2D eigenvalue weighted by molar-refractivity contribution is 7.80. The molecule has 0 fully saturated rings. The standard InChI is InChI=1S/C6H14OS/c1-5(2)3-6(7)4-8/h5-8H,3-4H2,1-2H3. The van der Waals surface area contributed by atoms with Crippen molar-refractivity contribution in [2.24, 2.45) is 5.92 Å². The lowest BCUT2D eigenvalue weighted by Gasteiger charge is -2.08. The summed E-state index contributed by atoms with van der Waals surface area (Å²) in [6.45, 7) is 4.18. The Hall–Kier alpha value is 0.310. The Morgan fingerprint density at radius 1 is 1.50 bits per heavy atom. The lowest BCUT2D eigenvalue weighted by atomic mass is 10.1. The van der Waals surface area contributed by atoms with Crippen molar-refractivity contribution in [2.45, 2.75) is 26.4 Å². The molecule has 0 heterocycles. The van der Waals surface area contributed by atoms with Gasteiger partial charge in [0.05, 0.1) is 6.10 Å². The fourth-order valence-corrected chi connectivity index (χ4v) is 0.768. The number of hydrogen-bond donors (Lipinski definition) is 2. The molecule has 0 spiro atoms. The van der Waals surface area contributed by atoms with Gasteiger partial charge in [-0.15, -0.1) is 0 Å². The second-order valence-corrected chi connectivity index (χ2v) is 2.83. The lowest BCUT2D eigenvalue weighted by Crippen LogP contribution is -2.10. The SMILES string of the molecule is CC(C)CC(O)CS. The zero-order valence-corrected chi connectivity index (χ0v) is 6.36. The topological polar surface area (TPSA) is 20.2 Å². The van der Waals surface area contributed by atoms with Gasteiger partial charge in [0.25, 0.3) is 0 Å². The molecule has 0 bridgehead atoms. The van der Waals surface area contributed by atoms with Crippen LogP contribution in [0, 0.1) is 5.92 Å². The number of aliphatic hydroxyl groups is 1. The molecule has 1 N–H and O–H groups in total. The van der Waals surface area contributed by atoms with E-state index in [0.29, 0.717) is 11.7 Å². The minimum absolute atomic E-state index is 0.210. The molecule has 0 aromatic heterocycles. The van der Waals surface area contributed by atoms with Crippen molar-refractivity contribution in [3.8, 4) is 0 Å². The van der Waals surface area contributed by atoms with E-state index in [4.69, 9.17) is 5.11 Å². The summed E-state index contributed by atoms with van der Waals surface area (Å²) in [4.78, 5) is 0. The van der Waals surface area contributed by atoms with Crippen LogP contribution < -0.4 is 0 Å². The van der Waals surface area contributed by atoms with Crippen molar-refractivity contribution >= 4 is 12.6 Å². The Balaban J connectivity index is 3.10. The van der Waals surface area contributed by atoms with Crippen LogP contribution in [0.1, 0.15) is 20.3 Å². The smallest absolute Gasteiger partial charge is 0.0630 e. The highest BCUT2D eigenvalue weighted by Crippen LogP contribution is 2.04. The van der Waals surface area contributed by atoms with Gasteiger partial charge in [-0.25, -0.2) is 0 Å². The molecule has 1 nitrogen and oxygen atoms in total. The summed E-state index contributed by atoms with van der Waals surface area (Å²) in [7, 11) is 0. The molecule has 2 heteroatoms. The lowest BCUT2D eigenvalue weighted by molar-refractivity contribution is 0.172. The summed E-state index contributed by atoms with van der Waals surface area (Å²) in [5, 5.41) is 8.95. The third-order valence-electron chi connectivity index (χ3n) is 0.954. The first kappa shape index (κ1) is 8.31. The average molecular weight is 134 g/mol. The molecule has 0 aromatic carbocycles. The molecule has 0 aliphatic carbocycles. The minimum Gasteiger partial charge on any atom is -0.392 e. The highest BCUT2D eigenvalue weighted by Gasteiger charge is 2.02. The van der Waals surface area contributed by atoms with E-state index in [-0.39, 0.29) is 6.10 Å². The summed E-state index contributed by atoms with van der Waals surface area (Å²) >= 11 is 3.94. The van der Waals surface area contributed by atoms with Crippen LogP contribution >= 0.6 is 12.6 Å². The van der Waals surface area contributed by atoms with Gasteiger partial charge in [-0.1, -0.05) is 13.8 Å². The second-order valence-electron chi connectivity index (χ2n) is 2.47. The molecular weight excluding hydrogens is 120 g/mol. The van der Waals surface area contributed by atoms with Crippen LogP contribution in [0.15, 0.2) is 0 Å². The van der Waals surface area contributed by atoms with Crippen molar-refractivity contribution in [2.75, 3.05) is 5.75 Å². The normalized spacial score (nSPS) is 14.6. The van der Waals surface area contributed by atoms with Crippen molar-refractivity contribution in [3.05, 3.63) is 0 Å². The predicted octanol–water partition coefficient (Wildman–Crippen LogP) is 1.32. The molecule has 0 aromatic rings. The first-order valence-corrected chi connectivity index (χ1v) is 3.59. The summed E-state index contributed by atoms with van der Waals surface area (Å²) in [6.07, 6.45) is 0.655. The van der Waals surface area contributed by atoms with E-state index < -0.39 is 0 Å². The van der Waals surface area contributed by atoms with Crippen molar-refractivity contribution < 1.29 is 5.11 Å². The fourth-order valence-electron chi connectivity index (χ4n) is 0.619. The Morgan fingerprint density at radius 3 is 2.12 bits per heavy atom. The van der Waals surface area contributed by atoms with Crippen molar-refractivity contribution in [3.63, 3.8) is 0 Å². The number of aliphatic hydroxyl groups excluding tert-OH is 1. The van der Waals surface area contributed by atoms with Gasteiger partial charge >= 0.3 is 0 Å². The maximum atomic E-state index is 8.95. The Bertz CT molecular complexity index is 54.5. The Kier molecular flexibility index (Phi) is 4.38. The predicted molar refractivity (Wildman–Crippen MR) is 39.3 cm³/mol. The van der Waals surface area contributed by atoms with E-state index in [1.807, 2.05) is 0 Å². The molecule has 0 amide bonds. The van der Waals surface area contributed by atoms with E-state index in [1.54, 1.807) is 0 Å². The van der Waals surface area contributed by atoms with Crippen LogP contribution in [-0.4, -0.2) is 17.0 Å². The van der Waals surface area contributed by atoms with E-state index in [1.165, 1.54) is 0 Å². The van der Waals surface area contributed by atoms with Crippen LogP contribution in [0.2, 0.25) is 0 Å². The maximum absolute atomic E-state index is 8.95. The molecule has 8 heavy (non-hydrogen) atoms. The Morgan fingerprint density at radius 2 is 2.00 bits per heavy atom. The third kappa shape index (κ3) is 4.47. The Labute approximate surface area is 56.5 Å². The zero-order chi connectivity index (χ0) is 6.57. The number of rotatable bonds is 3. The third-order valence-corrected chi connectivity index (χ3v) is 1.38. The van der Waals surface area contributed by atoms with Crippen LogP contribution in [0.3, 0.4) is 0 Å². The van der Waals surface area contributed by atoms with Gasteiger partial charge in [0.15, 0.2) is 0 Å². The molecule has 0 aliphatic rings. The molecular formula is C6H14OS. The van der Waals surface area contributed by atoms with Gasteiger partial charge in [-0.05, 0) is 12.3 Å². The van der Waals surface area contributed by atoms with E-state index >= 15 is 0 Å². The summed E-state index contributed by atoms with van der Waals surface area (Å²) < 4.78 is 0. The van der Waals surface area contributed by atoms with Crippen LogP contribution in [-0.2, 0) is 0 Å². The summed E-state index contributed by atoms with van der Waals surface area (Å²) in [5.74, 6) is 1.16. The van der Waals surface area contributed by atoms with Gasteiger partial charge in [0.2, 0.25) is 0 Å². The molecule has 1 atom stereocenters. The monoisotopic (exact) mass is 134 g/mol. The van der Waals surface area contributed by atoms with Crippen LogP contribution in [0.4, 0.5) is 0 Å². The van der Waals surface area contributed by atoms with E-state index in [2.05, 4.69) is 26.5 Å². The maximum Gasteiger partial charge on any atom is 0.0630 e. The largest absolute Gasteiger partial charge is 0.392 e. The van der Waals surface area contributed by atoms with Gasteiger partial charge in [0.1, 0.15) is 0 Å². The molecule has 0 saturated carbocycles. The second kappa shape index (κ2) is 4.21. The number of thiol groups is 1. The molecule has 0 saturated heterocycles. The summed E-state index contributed by atoms with van der Waals surface area (Å²) in [5.41, 5.74) is 0. The van der Waals surface area contributed by atoms with Crippen LogP contribution in [0.25, 0.3) is 0 Å². The van der Waals surface area contributed by atoms with E-state index in [9.17, 15) is 0 Å². The molecule has 0 rings (SSSR count). The molecule has 0 aliphatic heterocycles. The number of hydrogen-bond acceptors (Lipinski definition) is 2. The van der Waals surface area contributed by atoms with Crippen molar-refractivity contribution in [1.82, 2.24) is 0 Å². The van der Waals surface area contributed by atoms with Gasteiger partial charge < -0.3 is 5.11 Å². The molecule has 50 valence electrons. The highest BCUT2D eigenvalue weighted by atomic mass is 32.1. The van der Waals surface area contributed by atoms with Crippen LogP contribution in [0.5, 0.6) is 0 Å². The van der Waals surface area contributed by atoms with E-state index in [0.717, 1.165) is 6.42 Å². The first-order valence-electron chi connectivity index (χ1n) is 2.95. The fraction of sp³-hybridized carbons (Fsp3) is 1.00. The zero-order valence-electron chi connectivity index (χ0n) is 5.46.